The van der Waals surface area contributed by atoms with Crippen molar-refractivity contribution in [3.63, 3.8) is 0 Å². The Balaban J connectivity index is 1.64. The van der Waals surface area contributed by atoms with E-state index in [1.54, 1.807) is 32.1 Å². The van der Waals surface area contributed by atoms with E-state index in [1.807, 2.05) is 30.3 Å². The first-order chi connectivity index (χ1) is 13.9. The fraction of sp³-hybridized carbons (Fsp3) is 0.238. The molecule has 1 aliphatic rings. The van der Waals surface area contributed by atoms with E-state index in [4.69, 9.17) is 4.74 Å². The van der Waals surface area contributed by atoms with Crippen LogP contribution < -0.4 is 10.1 Å². The monoisotopic (exact) mass is 408 g/mol. The lowest BCUT2D eigenvalue weighted by Gasteiger charge is -2.17. The van der Waals surface area contributed by atoms with Crippen molar-refractivity contribution in [1.82, 2.24) is 14.9 Å². The number of carbonyl (C=O) groups is 2. The number of thiophene rings is 1. The number of nitrogens with zero attached hydrogens (tertiary/aromatic N) is 3. The molecule has 0 spiro atoms. The third-order valence-corrected chi connectivity index (χ3v) is 5.53. The molecule has 7 nitrogen and oxygen atoms in total. The standard InChI is InChI=1S/C21H20N4O3S/c1-12(26)7-13-5-4-6-14(8-13)23-21-22-10-16-19(24-21)15-9-17(20(27)25(2)3)29-18(15)11-28-16/h4-6,8-10H,7,11H2,1-3H3,(H,22,23,24). The molecule has 1 aliphatic heterocycles. The van der Waals surface area contributed by atoms with Gasteiger partial charge in [0.2, 0.25) is 5.95 Å². The molecule has 4 rings (SSSR count). The third-order valence-electron chi connectivity index (χ3n) is 4.43. The number of Topliss-reactive ketones (excluding diaryl/α,β-unsaturated/α-hetero) is 1. The molecule has 3 aromatic rings. The maximum atomic E-state index is 12.3. The van der Waals surface area contributed by atoms with Crippen molar-refractivity contribution in [2.24, 2.45) is 0 Å². The Morgan fingerprint density at radius 3 is 2.86 bits per heavy atom. The molecule has 1 N–H and O–H groups in total. The van der Waals surface area contributed by atoms with Crippen molar-refractivity contribution in [2.75, 3.05) is 19.4 Å². The highest BCUT2D eigenvalue weighted by Crippen LogP contribution is 2.40. The van der Waals surface area contributed by atoms with Gasteiger partial charge >= 0.3 is 0 Å². The summed E-state index contributed by atoms with van der Waals surface area (Å²) in [6, 6.07) is 9.47. The number of carbonyl (C=O) groups excluding carboxylic acids is 2. The summed E-state index contributed by atoms with van der Waals surface area (Å²) in [6.07, 6.45) is 2.02. The number of aromatic nitrogens is 2. The van der Waals surface area contributed by atoms with E-state index < -0.39 is 0 Å². The van der Waals surface area contributed by atoms with E-state index in [1.165, 1.54) is 11.3 Å². The fourth-order valence-corrected chi connectivity index (χ4v) is 4.21. The second kappa shape index (κ2) is 7.63. The molecular weight excluding hydrogens is 388 g/mol. The predicted molar refractivity (Wildman–Crippen MR) is 112 cm³/mol. The average molecular weight is 408 g/mol. The molecule has 0 bridgehead atoms. The number of ether oxygens (including phenoxy) is 1. The Bertz CT molecular complexity index is 1110. The van der Waals surface area contributed by atoms with E-state index >= 15 is 0 Å². The van der Waals surface area contributed by atoms with Crippen LogP contribution in [-0.2, 0) is 17.8 Å². The average Bonchev–Trinajstić information content (AvgIpc) is 3.12. The van der Waals surface area contributed by atoms with E-state index in [0.29, 0.717) is 35.3 Å². The largest absolute Gasteiger partial charge is 0.484 e. The Labute approximate surface area is 172 Å². The van der Waals surface area contributed by atoms with Crippen LogP contribution in [0.5, 0.6) is 5.75 Å². The minimum atomic E-state index is -0.0411. The molecule has 0 saturated carbocycles. The summed E-state index contributed by atoms with van der Waals surface area (Å²) in [6.45, 7) is 1.97. The first-order valence-electron chi connectivity index (χ1n) is 9.10. The summed E-state index contributed by atoms with van der Waals surface area (Å²) in [5, 5.41) is 3.19. The lowest BCUT2D eigenvalue weighted by atomic mass is 10.1. The van der Waals surface area contributed by atoms with Gasteiger partial charge in [-0.2, -0.15) is 0 Å². The number of hydrogen-bond acceptors (Lipinski definition) is 7. The quantitative estimate of drug-likeness (QED) is 0.693. The van der Waals surface area contributed by atoms with Crippen molar-refractivity contribution >= 4 is 34.7 Å². The van der Waals surface area contributed by atoms with Gasteiger partial charge in [0, 0.05) is 31.8 Å². The summed E-state index contributed by atoms with van der Waals surface area (Å²) < 4.78 is 5.77. The van der Waals surface area contributed by atoms with Crippen LogP contribution in [0.15, 0.2) is 36.5 Å². The van der Waals surface area contributed by atoms with Crippen LogP contribution >= 0.6 is 11.3 Å². The maximum Gasteiger partial charge on any atom is 0.263 e. The molecule has 0 fully saturated rings. The zero-order valence-corrected chi connectivity index (χ0v) is 17.2. The number of anilines is 2. The van der Waals surface area contributed by atoms with Crippen LogP contribution in [-0.4, -0.2) is 40.7 Å². The number of benzene rings is 1. The van der Waals surface area contributed by atoms with Gasteiger partial charge in [-0.3, -0.25) is 9.59 Å². The van der Waals surface area contributed by atoms with Crippen molar-refractivity contribution in [3.05, 3.63) is 51.8 Å². The molecule has 148 valence electrons. The Hall–Kier alpha value is -3.26. The molecule has 0 radical (unpaired) electrons. The number of amides is 1. The van der Waals surface area contributed by atoms with Crippen molar-refractivity contribution < 1.29 is 14.3 Å². The third kappa shape index (κ3) is 3.97. The molecule has 0 saturated heterocycles. The zero-order chi connectivity index (χ0) is 20.5. The smallest absolute Gasteiger partial charge is 0.263 e. The second-order valence-corrected chi connectivity index (χ2v) is 8.18. The van der Waals surface area contributed by atoms with Crippen molar-refractivity contribution in [1.29, 1.82) is 0 Å². The number of nitrogens with one attached hydrogen (secondary N) is 1. The minimum absolute atomic E-state index is 0.0411. The van der Waals surface area contributed by atoms with E-state index in [-0.39, 0.29) is 11.7 Å². The molecule has 0 atom stereocenters. The van der Waals surface area contributed by atoms with Crippen LogP contribution in [0.2, 0.25) is 0 Å². The molecule has 1 amide bonds. The first kappa shape index (κ1) is 19.1. The predicted octanol–water partition coefficient (Wildman–Crippen LogP) is 3.67. The van der Waals surface area contributed by atoms with Gasteiger partial charge in [-0.15, -0.1) is 11.3 Å². The van der Waals surface area contributed by atoms with Crippen LogP contribution in [0.3, 0.4) is 0 Å². The fourth-order valence-electron chi connectivity index (χ4n) is 3.11. The SMILES string of the molecule is CC(=O)Cc1cccc(Nc2ncc3c(n2)-c2cc(C(=O)N(C)C)sc2CO3)c1. The van der Waals surface area contributed by atoms with Gasteiger partial charge in [-0.25, -0.2) is 9.97 Å². The van der Waals surface area contributed by atoms with Crippen molar-refractivity contribution in [3.8, 4) is 17.0 Å². The van der Waals surface area contributed by atoms with Crippen molar-refractivity contribution in [2.45, 2.75) is 20.0 Å². The summed E-state index contributed by atoms with van der Waals surface area (Å²) in [7, 11) is 3.46. The molecule has 2 aromatic heterocycles. The summed E-state index contributed by atoms with van der Waals surface area (Å²) in [5.41, 5.74) is 3.29. The molecule has 3 heterocycles. The number of fused-ring (bicyclic) bond motifs is 3. The van der Waals surface area contributed by atoms with Crippen LogP contribution in [0.25, 0.3) is 11.3 Å². The van der Waals surface area contributed by atoms with Gasteiger partial charge in [0.1, 0.15) is 18.1 Å². The number of hydrogen-bond donors (Lipinski definition) is 1. The maximum absolute atomic E-state index is 12.3. The summed E-state index contributed by atoms with van der Waals surface area (Å²) >= 11 is 1.42. The van der Waals surface area contributed by atoms with Crippen LogP contribution in [0.1, 0.15) is 27.0 Å². The molecule has 8 heteroatoms. The summed E-state index contributed by atoms with van der Waals surface area (Å²) in [4.78, 5) is 35.8. The Kier molecular flexibility index (Phi) is 5.02. The van der Waals surface area contributed by atoms with Gasteiger partial charge in [0.15, 0.2) is 5.75 Å². The Morgan fingerprint density at radius 1 is 1.28 bits per heavy atom. The zero-order valence-electron chi connectivity index (χ0n) is 16.4. The van der Waals surface area contributed by atoms with E-state index in [2.05, 4.69) is 15.3 Å². The second-order valence-electron chi connectivity index (χ2n) is 7.05. The topological polar surface area (TPSA) is 84.4 Å². The first-order valence-corrected chi connectivity index (χ1v) is 9.92. The lowest BCUT2D eigenvalue weighted by molar-refractivity contribution is -0.116. The highest BCUT2D eigenvalue weighted by Gasteiger charge is 2.25. The lowest BCUT2D eigenvalue weighted by Crippen LogP contribution is -2.20. The molecule has 29 heavy (non-hydrogen) atoms. The van der Waals surface area contributed by atoms with Gasteiger partial charge in [-0.05, 0) is 30.7 Å². The minimum Gasteiger partial charge on any atom is -0.484 e. The van der Waals surface area contributed by atoms with Gasteiger partial charge in [-0.1, -0.05) is 12.1 Å². The number of ketones is 1. The Morgan fingerprint density at radius 2 is 2.10 bits per heavy atom. The highest BCUT2D eigenvalue weighted by molar-refractivity contribution is 7.14. The molecular formula is C21H20N4O3S. The van der Waals surface area contributed by atoms with Crippen LogP contribution in [0.4, 0.5) is 11.6 Å². The van der Waals surface area contributed by atoms with Crippen LogP contribution in [0, 0.1) is 0 Å². The molecule has 0 unspecified atom stereocenters. The van der Waals surface area contributed by atoms with Gasteiger partial charge in [0.25, 0.3) is 5.91 Å². The molecule has 1 aromatic carbocycles. The van der Waals surface area contributed by atoms with E-state index in [0.717, 1.165) is 21.7 Å². The molecule has 0 aliphatic carbocycles. The normalized spacial score (nSPS) is 11.8. The highest BCUT2D eigenvalue weighted by atomic mass is 32.1. The summed E-state index contributed by atoms with van der Waals surface area (Å²) in [5.74, 6) is 1.08. The number of rotatable bonds is 5. The van der Waals surface area contributed by atoms with Gasteiger partial charge in [0.05, 0.1) is 16.0 Å². The van der Waals surface area contributed by atoms with Gasteiger partial charge < -0.3 is 15.0 Å². The van der Waals surface area contributed by atoms with E-state index in [9.17, 15) is 9.59 Å².